The highest BCUT2D eigenvalue weighted by Crippen LogP contribution is 2.44. The topological polar surface area (TPSA) is 60.8 Å². The van der Waals surface area contributed by atoms with Crippen LogP contribution in [0.15, 0.2) is 103 Å². The van der Waals surface area contributed by atoms with Gasteiger partial charge in [0.2, 0.25) is 0 Å². The number of aliphatic hydroxyl groups excluding tert-OH is 1. The van der Waals surface area contributed by atoms with Crippen LogP contribution in [-0.4, -0.2) is 40.3 Å². The molecule has 0 amide bonds. The first-order chi connectivity index (χ1) is 14.6. The number of carboxylic acids is 1. The van der Waals surface area contributed by atoms with Crippen molar-refractivity contribution in [3.05, 3.63) is 119 Å². The quantitative estimate of drug-likeness (QED) is 0.502. The maximum absolute atomic E-state index is 11.4. The molecule has 0 aliphatic carbocycles. The summed E-state index contributed by atoms with van der Waals surface area (Å²) in [4.78, 5) is 13.7. The average molecular weight is 399 g/mol. The maximum atomic E-state index is 11.4. The Labute approximate surface area is 176 Å². The largest absolute Gasteiger partial charge is 0.478 e. The van der Waals surface area contributed by atoms with Crippen LogP contribution in [-0.2, 0) is 10.3 Å². The lowest BCUT2D eigenvalue weighted by atomic mass is 9.74. The van der Waals surface area contributed by atoms with Gasteiger partial charge in [0.1, 0.15) is 0 Å². The van der Waals surface area contributed by atoms with Gasteiger partial charge in [0.05, 0.1) is 11.6 Å². The van der Waals surface area contributed by atoms with Gasteiger partial charge in [-0.15, -0.1) is 0 Å². The second-order valence-electron chi connectivity index (χ2n) is 7.59. The summed E-state index contributed by atoms with van der Waals surface area (Å²) in [5, 5.41) is 19.8. The van der Waals surface area contributed by atoms with E-state index < -0.39 is 17.6 Å². The zero-order valence-corrected chi connectivity index (χ0v) is 16.7. The summed E-state index contributed by atoms with van der Waals surface area (Å²) < 4.78 is 0. The van der Waals surface area contributed by atoms with Gasteiger partial charge in [0.25, 0.3) is 0 Å². The second-order valence-corrected chi connectivity index (χ2v) is 7.59. The molecule has 0 aromatic heterocycles. The molecule has 4 heteroatoms. The van der Waals surface area contributed by atoms with Crippen molar-refractivity contribution in [2.45, 2.75) is 18.1 Å². The highest BCUT2D eigenvalue weighted by atomic mass is 16.4. The molecule has 30 heavy (non-hydrogen) atoms. The van der Waals surface area contributed by atoms with Crippen LogP contribution in [0.4, 0.5) is 0 Å². The number of carbonyl (C=O) groups is 1. The molecule has 2 N–H and O–H groups in total. The summed E-state index contributed by atoms with van der Waals surface area (Å²) in [5.41, 5.74) is 3.23. The molecular weight excluding hydrogens is 374 g/mol. The Balaban J connectivity index is 1.97. The molecular formula is C26H25NO3. The minimum atomic E-state index is -1.03. The Hall–Kier alpha value is -3.21. The van der Waals surface area contributed by atoms with Gasteiger partial charge >= 0.3 is 5.97 Å². The summed E-state index contributed by atoms with van der Waals surface area (Å²) in [5.74, 6) is -1.03. The molecule has 4 rings (SSSR count). The zero-order valence-electron chi connectivity index (χ0n) is 16.7. The third-order valence-electron chi connectivity index (χ3n) is 5.83. The molecule has 152 valence electrons. The predicted molar refractivity (Wildman–Crippen MR) is 117 cm³/mol. The van der Waals surface area contributed by atoms with Crippen molar-refractivity contribution < 1.29 is 15.0 Å². The van der Waals surface area contributed by atoms with Crippen molar-refractivity contribution in [2.75, 3.05) is 13.1 Å². The third-order valence-corrected chi connectivity index (χ3v) is 5.83. The lowest BCUT2D eigenvalue weighted by Crippen LogP contribution is -2.53. The van der Waals surface area contributed by atoms with Crippen LogP contribution in [0.2, 0.25) is 0 Å². The molecule has 1 saturated heterocycles. The predicted octanol–water partition coefficient (Wildman–Crippen LogP) is 4.06. The first kappa shape index (κ1) is 20.1. The summed E-state index contributed by atoms with van der Waals surface area (Å²) >= 11 is 0. The van der Waals surface area contributed by atoms with Crippen LogP contribution in [0.5, 0.6) is 0 Å². The van der Waals surface area contributed by atoms with E-state index in [-0.39, 0.29) is 0 Å². The Morgan fingerprint density at radius 3 is 1.67 bits per heavy atom. The highest BCUT2D eigenvalue weighted by molar-refractivity contribution is 5.81. The van der Waals surface area contributed by atoms with Crippen LogP contribution < -0.4 is 0 Å². The molecule has 1 heterocycles. The Kier molecular flexibility index (Phi) is 5.79. The number of hydrogen-bond acceptors (Lipinski definition) is 3. The third kappa shape index (κ3) is 3.67. The average Bonchev–Trinajstić information content (AvgIpc) is 2.78. The van der Waals surface area contributed by atoms with E-state index in [1.165, 1.54) is 0 Å². The van der Waals surface area contributed by atoms with Gasteiger partial charge in [-0.3, -0.25) is 4.90 Å². The van der Waals surface area contributed by atoms with Crippen LogP contribution >= 0.6 is 0 Å². The van der Waals surface area contributed by atoms with Gasteiger partial charge < -0.3 is 10.2 Å². The molecule has 3 aromatic rings. The van der Waals surface area contributed by atoms with Gasteiger partial charge in [-0.2, -0.15) is 0 Å². The van der Waals surface area contributed by atoms with E-state index in [0.717, 1.165) is 22.8 Å². The Morgan fingerprint density at radius 1 is 0.833 bits per heavy atom. The standard InChI is InChI=1S/C26H25NO3/c28-24-16-17-27(19-20(24)18-25(29)30)26(21-10-4-1-5-11-21,22-12-6-2-7-13-22)23-14-8-3-9-15-23/h1-15,18,24,28H,16-17,19H2,(H,29,30)/b20-18-. The van der Waals surface area contributed by atoms with Crippen molar-refractivity contribution >= 4 is 5.97 Å². The van der Waals surface area contributed by atoms with Crippen LogP contribution in [0.25, 0.3) is 0 Å². The van der Waals surface area contributed by atoms with Crippen LogP contribution in [0.3, 0.4) is 0 Å². The zero-order chi connectivity index (χ0) is 21.0. The van der Waals surface area contributed by atoms with Gasteiger partial charge in [0.15, 0.2) is 0 Å². The summed E-state index contributed by atoms with van der Waals surface area (Å²) in [6, 6.07) is 30.9. The first-order valence-corrected chi connectivity index (χ1v) is 10.2. The number of aliphatic carboxylic acids is 1. The molecule has 1 aliphatic rings. The lowest BCUT2D eigenvalue weighted by molar-refractivity contribution is -0.131. The smallest absolute Gasteiger partial charge is 0.328 e. The molecule has 1 unspecified atom stereocenters. The normalized spacial score (nSPS) is 19.0. The number of likely N-dealkylation sites (tertiary alicyclic amines) is 1. The van der Waals surface area contributed by atoms with Crippen molar-refractivity contribution in [3.63, 3.8) is 0 Å². The van der Waals surface area contributed by atoms with Crippen LogP contribution in [0.1, 0.15) is 23.1 Å². The van der Waals surface area contributed by atoms with Gasteiger partial charge in [-0.05, 0) is 28.7 Å². The van der Waals surface area contributed by atoms with E-state index in [2.05, 4.69) is 41.3 Å². The maximum Gasteiger partial charge on any atom is 0.328 e. The number of nitrogens with zero attached hydrogens (tertiary/aromatic N) is 1. The number of piperidine rings is 1. The van der Waals surface area contributed by atoms with E-state index in [1.54, 1.807) is 0 Å². The molecule has 1 atom stereocenters. The van der Waals surface area contributed by atoms with E-state index in [0.29, 0.717) is 25.1 Å². The van der Waals surface area contributed by atoms with Gasteiger partial charge in [0, 0.05) is 19.2 Å². The Bertz CT molecular complexity index is 919. The van der Waals surface area contributed by atoms with E-state index in [1.807, 2.05) is 54.6 Å². The van der Waals surface area contributed by atoms with Crippen molar-refractivity contribution in [2.24, 2.45) is 0 Å². The number of rotatable bonds is 5. The molecule has 3 aromatic carbocycles. The van der Waals surface area contributed by atoms with E-state index >= 15 is 0 Å². The highest BCUT2D eigenvalue weighted by Gasteiger charge is 2.44. The monoisotopic (exact) mass is 399 g/mol. The first-order valence-electron chi connectivity index (χ1n) is 10.2. The van der Waals surface area contributed by atoms with Crippen LogP contribution in [0, 0.1) is 0 Å². The molecule has 1 fully saturated rings. The lowest BCUT2D eigenvalue weighted by Gasteiger charge is -2.48. The molecule has 0 spiro atoms. The van der Waals surface area contributed by atoms with Crippen molar-refractivity contribution in [1.82, 2.24) is 4.90 Å². The van der Waals surface area contributed by atoms with Crippen molar-refractivity contribution in [3.8, 4) is 0 Å². The molecule has 4 nitrogen and oxygen atoms in total. The number of hydrogen-bond donors (Lipinski definition) is 2. The minimum absolute atomic E-state index is 0.367. The fourth-order valence-electron chi connectivity index (χ4n) is 4.54. The minimum Gasteiger partial charge on any atom is -0.478 e. The second kappa shape index (κ2) is 8.66. The molecule has 1 aliphatic heterocycles. The summed E-state index contributed by atoms with van der Waals surface area (Å²) in [6.07, 6.45) is 0.896. The summed E-state index contributed by atoms with van der Waals surface area (Å²) in [6.45, 7) is 1.00. The van der Waals surface area contributed by atoms with Gasteiger partial charge in [-0.1, -0.05) is 91.0 Å². The molecule has 0 radical (unpaired) electrons. The molecule has 0 bridgehead atoms. The Morgan fingerprint density at radius 2 is 1.27 bits per heavy atom. The number of benzene rings is 3. The number of carboxylic acid groups (broad SMARTS) is 1. The summed E-state index contributed by atoms with van der Waals surface area (Å²) in [7, 11) is 0. The SMILES string of the molecule is O=C(O)/C=C1/CN(C(c2ccccc2)(c2ccccc2)c2ccccc2)CCC1O. The van der Waals surface area contributed by atoms with E-state index in [9.17, 15) is 15.0 Å². The van der Waals surface area contributed by atoms with Gasteiger partial charge in [-0.25, -0.2) is 4.79 Å². The van der Waals surface area contributed by atoms with E-state index in [4.69, 9.17) is 0 Å². The number of aliphatic hydroxyl groups is 1. The fourth-order valence-corrected chi connectivity index (χ4v) is 4.54. The fraction of sp³-hybridized carbons (Fsp3) is 0.192. The van der Waals surface area contributed by atoms with Crippen molar-refractivity contribution in [1.29, 1.82) is 0 Å². The molecule has 0 saturated carbocycles.